The largest absolute Gasteiger partial charge is 0.399 e. The van der Waals surface area contributed by atoms with E-state index in [4.69, 9.17) is 16.5 Å². The molecule has 1 aliphatic heterocycles. The van der Waals surface area contributed by atoms with E-state index in [2.05, 4.69) is 22.8 Å². The molecule has 3 amide bonds. The molecule has 0 bridgehead atoms. The van der Waals surface area contributed by atoms with E-state index in [0.717, 1.165) is 32.1 Å². The van der Waals surface area contributed by atoms with Crippen molar-refractivity contribution in [2.75, 3.05) is 18.1 Å². The van der Waals surface area contributed by atoms with Crippen LogP contribution in [0.1, 0.15) is 44.1 Å². The Balaban J connectivity index is 1.39. The monoisotopic (exact) mass is 462 g/mol. The Labute approximate surface area is 200 Å². The SMILES string of the molecule is CN1C(=O)[C@@](CCc2ccccc2)(C[C@H]2CCC[C@@H](NC(=O)Nc3ccc(N)cc3)C2)N=C1N. The van der Waals surface area contributed by atoms with Crippen molar-refractivity contribution in [3.63, 3.8) is 0 Å². The average Bonchev–Trinajstić information content (AvgIpc) is 3.04. The van der Waals surface area contributed by atoms with Gasteiger partial charge in [0, 0.05) is 24.5 Å². The summed E-state index contributed by atoms with van der Waals surface area (Å²) in [6, 6.07) is 17.0. The third-order valence-electron chi connectivity index (χ3n) is 6.96. The van der Waals surface area contributed by atoms with Gasteiger partial charge in [0.1, 0.15) is 5.54 Å². The first kappa shape index (κ1) is 23.6. The van der Waals surface area contributed by atoms with Gasteiger partial charge < -0.3 is 22.1 Å². The summed E-state index contributed by atoms with van der Waals surface area (Å²) in [6.45, 7) is 0. The molecule has 1 fully saturated rings. The van der Waals surface area contributed by atoms with Crippen LogP contribution in [0.25, 0.3) is 0 Å². The van der Waals surface area contributed by atoms with Crippen molar-refractivity contribution in [2.24, 2.45) is 16.6 Å². The highest BCUT2D eigenvalue weighted by Crippen LogP contribution is 2.38. The van der Waals surface area contributed by atoms with Gasteiger partial charge in [0.25, 0.3) is 5.91 Å². The Hall–Kier alpha value is -3.55. The van der Waals surface area contributed by atoms with Gasteiger partial charge in [-0.05, 0) is 67.9 Å². The van der Waals surface area contributed by atoms with Crippen LogP contribution in [0.15, 0.2) is 59.6 Å². The molecular weight excluding hydrogens is 428 g/mol. The summed E-state index contributed by atoms with van der Waals surface area (Å²) in [5.41, 5.74) is 13.5. The molecule has 8 heteroatoms. The molecule has 0 spiro atoms. The zero-order valence-corrected chi connectivity index (χ0v) is 19.7. The molecule has 2 aliphatic rings. The fourth-order valence-corrected chi connectivity index (χ4v) is 5.16. The number of guanidine groups is 1. The molecule has 2 aromatic rings. The van der Waals surface area contributed by atoms with Crippen molar-refractivity contribution >= 4 is 29.3 Å². The number of aliphatic imine (C=N–C) groups is 1. The fraction of sp³-hybridized carbons (Fsp3) is 0.423. The summed E-state index contributed by atoms with van der Waals surface area (Å²) in [6.07, 6.45) is 5.76. The summed E-state index contributed by atoms with van der Waals surface area (Å²) >= 11 is 0. The van der Waals surface area contributed by atoms with Gasteiger partial charge in [0.15, 0.2) is 5.96 Å². The molecule has 8 nitrogen and oxygen atoms in total. The Bertz CT molecular complexity index is 1040. The highest BCUT2D eigenvalue weighted by molar-refractivity contribution is 6.06. The Morgan fingerprint density at radius 3 is 2.53 bits per heavy atom. The second-order valence-electron chi connectivity index (χ2n) is 9.51. The van der Waals surface area contributed by atoms with Crippen molar-refractivity contribution < 1.29 is 9.59 Å². The molecule has 0 radical (unpaired) electrons. The molecular formula is C26H34N6O2. The maximum atomic E-state index is 13.3. The van der Waals surface area contributed by atoms with Crippen LogP contribution >= 0.6 is 0 Å². The third-order valence-corrected chi connectivity index (χ3v) is 6.96. The van der Waals surface area contributed by atoms with Gasteiger partial charge in [-0.1, -0.05) is 43.2 Å². The number of amides is 3. The third kappa shape index (κ3) is 5.50. The first-order valence-electron chi connectivity index (χ1n) is 11.9. The Kier molecular flexibility index (Phi) is 7.05. The smallest absolute Gasteiger partial charge is 0.319 e. The molecule has 3 atom stereocenters. The van der Waals surface area contributed by atoms with E-state index in [1.54, 1.807) is 31.3 Å². The Morgan fingerprint density at radius 2 is 1.85 bits per heavy atom. The summed E-state index contributed by atoms with van der Waals surface area (Å²) in [5, 5.41) is 5.96. The zero-order valence-electron chi connectivity index (χ0n) is 19.7. The van der Waals surface area contributed by atoms with Gasteiger partial charge in [-0.3, -0.25) is 9.69 Å². The van der Waals surface area contributed by atoms with Crippen LogP contribution in [0, 0.1) is 5.92 Å². The van der Waals surface area contributed by atoms with E-state index < -0.39 is 5.54 Å². The maximum absolute atomic E-state index is 13.3. The van der Waals surface area contributed by atoms with Crippen LogP contribution in [-0.2, 0) is 11.2 Å². The standard InChI is InChI=1S/C26H34N6O2/c1-32-23(33)26(31-24(32)28,15-14-18-6-3-2-4-7-18)17-19-8-5-9-22(16-19)30-25(34)29-21-12-10-20(27)11-13-21/h2-4,6-7,10-13,19,22H,5,8-9,14-17,27H2,1H3,(H2,28,31)(H2,29,30,34)/t19-,22+,26+/m0/s1. The zero-order chi connectivity index (χ0) is 24.1. The molecule has 6 N–H and O–H groups in total. The van der Waals surface area contributed by atoms with Crippen LogP contribution in [0.3, 0.4) is 0 Å². The summed E-state index contributed by atoms with van der Waals surface area (Å²) in [4.78, 5) is 32.0. The predicted octanol–water partition coefficient (Wildman–Crippen LogP) is 3.50. The normalized spacial score (nSPS) is 24.6. The number of hydrogen-bond donors (Lipinski definition) is 4. The number of carbonyl (C=O) groups is 2. The van der Waals surface area contributed by atoms with Gasteiger partial charge in [-0.2, -0.15) is 0 Å². The summed E-state index contributed by atoms with van der Waals surface area (Å²) < 4.78 is 0. The maximum Gasteiger partial charge on any atom is 0.319 e. The van der Waals surface area contributed by atoms with Gasteiger partial charge in [-0.25, -0.2) is 9.79 Å². The molecule has 0 saturated heterocycles. The van der Waals surface area contributed by atoms with Crippen molar-refractivity contribution in [2.45, 2.75) is 56.5 Å². The number of urea groups is 1. The van der Waals surface area contributed by atoms with E-state index in [9.17, 15) is 9.59 Å². The number of hydrogen-bond acceptors (Lipinski definition) is 5. The lowest BCUT2D eigenvalue weighted by Crippen LogP contribution is -2.45. The summed E-state index contributed by atoms with van der Waals surface area (Å²) in [7, 11) is 1.69. The first-order chi connectivity index (χ1) is 16.3. The number of nitrogens with zero attached hydrogens (tertiary/aromatic N) is 2. The lowest BCUT2D eigenvalue weighted by atomic mass is 9.75. The van der Waals surface area contributed by atoms with Crippen molar-refractivity contribution in [3.8, 4) is 0 Å². The number of nitrogen functional groups attached to an aromatic ring is 1. The van der Waals surface area contributed by atoms with Crippen LogP contribution in [0.5, 0.6) is 0 Å². The first-order valence-corrected chi connectivity index (χ1v) is 11.9. The van der Waals surface area contributed by atoms with Gasteiger partial charge >= 0.3 is 6.03 Å². The average molecular weight is 463 g/mol. The summed E-state index contributed by atoms with van der Waals surface area (Å²) in [5.74, 6) is 0.530. The van der Waals surface area contributed by atoms with Crippen molar-refractivity contribution in [3.05, 3.63) is 60.2 Å². The lowest BCUT2D eigenvalue weighted by molar-refractivity contribution is -0.131. The number of likely N-dealkylation sites (N-methyl/N-ethyl adjacent to an activating group) is 1. The van der Waals surface area contributed by atoms with Crippen molar-refractivity contribution in [1.82, 2.24) is 10.2 Å². The predicted molar refractivity (Wildman–Crippen MR) is 135 cm³/mol. The molecule has 34 heavy (non-hydrogen) atoms. The molecule has 1 heterocycles. The van der Waals surface area contributed by atoms with Gasteiger partial charge in [0.2, 0.25) is 0 Å². The molecule has 0 unspecified atom stereocenters. The van der Waals surface area contributed by atoms with E-state index >= 15 is 0 Å². The molecule has 1 saturated carbocycles. The minimum Gasteiger partial charge on any atom is -0.399 e. The van der Waals surface area contributed by atoms with Crippen LogP contribution in [-0.4, -0.2) is 41.4 Å². The Morgan fingerprint density at radius 1 is 1.12 bits per heavy atom. The fourth-order valence-electron chi connectivity index (χ4n) is 5.16. The van der Waals surface area contributed by atoms with Crippen molar-refractivity contribution in [1.29, 1.82) is 0 Å². The van der Waals surface area contributed by atoms with E-state index in [0.29, 0.717) is 24.2 Å². The molecule has 0 aromatic heterocycles. The minimum absolute atomic E-state index is 0.0305. The van der Waals surface area contributed by atoms with Crippen LogP contribution in [0.2, 0.25) is 0 Å². The number of nitrogens with one attached hydrogen (secondary N) is 2. The van der Waals surface area contributed by atoms with E-state index in [-0.39, 0.29) is 29.9 Å². The van der Waals surface area contributed by atoms with Crippen LogP contribution < -0.4 is 22.1 Å². The number of rotatable bonds is 7. The number of carbonyl (C=O) groups excluding carboxylic acids is 2. The molecule has 4 rings (SSSR count). The second-order valence-corrected chi connectivity index (χ2v) is 9.51. The highest BCUT2D eigenvalue weighted by Gasteiger charge is 2.47. The second kappa shape index (κ2) is 10.2. The topological polar surface area (TPSA) is 126 Å². The number of aryl methyl sites for hydroxylation is 1. The molecule has 180 valence electrons. The van der Waals surface area contributed by atoms with Crippen LogP contribution in [0.4, 0.5) is 16.2 Å². The van der Waals surface area contributed by atoms with E-state index in [1.807, 2.05) is 18.2 Å². The van der Waals surface area contributed by atoms with Gasteiger partial charge in [0.05, 0.1) is 0 Å². The molecule has 2 aromatic carbocycles. The van der Waals surface area contributed by atoms with Gasteiger partial charge in [-0.15, -0.1) is 0 Å². The number of anilines is 2. The highest BCUT2D eigenvalue weighted by atomic mass is 16.2. The number of benzene rings is 2. The van der Waals surface area contributed by atoms with E-state index in [1.165, 1.54) is 10.5 Å². The number of nitrogens with two attached hydrogens (primary N) is 2. The molecule has 1 aliphatic carbocycles. The quantitative estimate of drug-likeness (QED) is 0.470. The lowest BCUT2D eigenvalue weighted by Gasteiger charge is -2.34. The minimum atomic E-state index is -0.840.